The normalized spacial score (nSPS) is 14.4. The van der Waals surface area contributed by atoms with Crippen LogP contribution in [0.15, 0.2) is 30.5 Å². The summed E-state index contributed by atoms with van der Waals surface area (Å²) < 4.78 is 0. The molecule has 1 aromatic carbocycles. The van der Waals surface area contributed by atoms with E-state index in [0.29, 0.717) is 5.56 Å². The fourth-order valence-corrected chi connectivity index (χ4v) is 3.65. The Balaban J connectivity index is 2.27. The lowest BCUT2D eigenvalue weighted by Crippen LogP contribution is -2.59. The van der Waals surface area contributed by atoms with Crippen molar-refractivity contribution in [2.24, 2.45) is 11.7 Å². The highest BCUT2D eigenvalue weighted by Gasteiger charge is 2.32. The van der Waals surface area contributed by atoms with E-state index in [9.17, 15) is 29.1 Å². The molecule has 0 saturated carbocycles. The third-order valence-electron chi connectivity index (χ3n) is 5.78. The molecule has 37 heavy (non-hydrogen) atoms. The number of amides is 3. The molecular weight excluding hydrogens is 486 g/mol. The Morgan fingerprint density at radius 1 is 0.946 bits per heavy atom. The molecule has 0 spiro atoms. The highest BCUT2D eigenvalue weighted by atomic mass is 16.4. The van der Waals surface area contributed by atoms with Crippen LogP contribution in [0.5, 0.6) is 0 Å². The van der Waals surface area contributed by atoms with Crippen molar-refractivity contribution < 1.29 is 39.3 Å². The number of carboxylic acid groups (broad SMARTS) is 2. The fraction of sp³-hybridized carbons (Fsp3) is 0.458. The third-order valence-corrected chi connectivity index (χ3v) is 5.78. The topological polar surface area (TPSA) is 224 Å². The molecule has 202 valence electrons. The van der Waals surface area contributed by atoms with Crippen molar-refractivity contribution in [1.29, 1.82) is 0 Å². The van der Waals surface area contributed by atoms with Gasteiger partial charge >= 0.3 is 11.9 Å². The van der Waals surface area contributed by atoms with Gasteiger partial charge in [0.05, 0.1) is 12.6 Å². The zero-order valence-corrected chi connectivity index (χ0v) is 20.6. The highest BCUT2D eigenvalue weighted by molar-refractivity contribution is 5.95. The van der Waals surface area contributed by atoms with Gasteiger partial charge < -0.3 is 42.0 Å². The SMILES string of the molecule is CC(C)C(NC(=O)C(Cc1c[nH]c2ccccc12)NC(=O)C(N)CCC(=O)O)C(=O)NC(CO)C(=O)O. The second-order valence-electron chi connectivity index (χ2n) is 8.98. The number of carbonyl (C=O) groups is 5. The van der Waals surface area contributed by atoms with E-state index < -0.39 is 66.4 Å². The first-order valence-corrected chi connectivity index (χ1v) is 11.7. The maximum Gasteiger partial charge on any atom is 0.328 e. The summed E-state index contributed by atoms with van der Waals surface area (Å²) in [6, 6.07) is 2.22. The smallest absolute Gasteiger partial charge is 0.328 e. The molecule has 2 aromatic rings. The van der Waals surface area contributed by atoms with Crippen molar-refractivity contribution in [2.75, 3.05) is 6.61 Å². The number of benzene rings is 1. The monoisotopic (exact) mass is 519 g/mol. The molecule has 0 saturated heterocycles. The molecule has 4 unspecified atom stereocenters. The molecule has 0 aliphatic rings. The summed E-state index contributed by atoms with van der Waals surface area (Å²) >= 11 is 0. The molecule has 9 N–H and O–H groups in total. The van der Waals surface area contributed by atoms with Crippen LogP contribution in [0.4, 0.5) is 0 Å². The summed E-state index contributed by atoms with van der Waals surface area (Å²) in [6.45, 7) is 2.43. The predicted octanol–water partition coefficient (Wildman–Crippen LogP) is -0.910. The highest BCUT2D eigenvalue weighted by Crippen LogP contribution is 2.19. The van der Waals surface area contributed by atoms with Gasteiger partial charge in [0, 0.05) is 29.9 Å². The van der Waals surface area contributed by atoms with E-state index >= 15 is 0 Å². The Hall–Kier alpha value is -3.97. The van der Waals surface area contributed by atoms with Crippen LogP contribution < -0.4 is 21.7 Å². The molecule has 13 nitrogen and oxygen atoms in total. The quantitative estimate of drug-likeness (QED) is 0.154. The number of carboxylic acids is 2. The lowest BCUT2D eigenvalue weighted by atomic mass is 10.00. The molecular formula is C24H33N5O8. The first kappa shape index (κ1) is 29.3. The molecule has 1 heterocycles. The van der Waals surface area contributed by atoms with Crippen molar-refractivity contribution in [1.82, 2.24) is 20.9 Å². The number of nitrogens with two attached hydrogens (primary N) is 1. The van der Waals surface area contributed by atoms with Crippen LogP contribution >= 0.6 is 0 Å². The molecule has 0 aliphatic carbocycles. The van der Waals surface area contributed by atoms with Gasteiger partial charge in [-0.25, -0.2) is 4.79 Å². The molecule has 13 heteroatoms. The number of rotatable bonds is 14. The summed E-state index contributed by atoms with van der Waals surface area (Å²) in [5.74, 6) is -5.32. The third kappa shape index (κ3) is 8.29. The molecule has 0 aliphatic heterocycles. The van der Waals surface area contributed by atoms with Crippen LogP contribution in [-0.4, -0.2) is 80.7 Å². The van der Waals surface area contributed by atoms with E-state index in [0.717, 1.165) is 10.9 Å². The van der Waals surface area contributed by atoms with Crippen LogP contribution in [0.1, 0.15) is 32.3 Å². The van der Waals surface area contributed by atoms with Gasteiger partial charge in [0.1, 0.15) is 18.1 Å². The molecule has 3 amide bonds. The number of H-pyrrole nitrogens is 1. The Bertz CT molecular complexity index is 1130. The first-order valence-electron chi connectivity index (χ1n) is 11.7. The number of aliphatic hydroxyl groups is 1. The Kier molecular flexibility index (Phi) is 10.6. The van der Waals surface area contributed by atoms with E-state index in [-0.39, 0.29) is 19.3 Å². The molecule has 0 radical (unpaired) electrons. The van der Waals surface area contributed by atoms with Gasteiger partial charge in [0.2, 0.25) is 17.7 Å². The van der Waals surface area contributed by atoms with Gasteiger partial charge in [0.15, 0.2) is 0 Å². The molecule has 4 atom stereocenters. The average molecular weight is 520 g/mol. The van der Waals surface area contributed by atoms with Crippen LogP contribution in [0.25, 0.3) is 10.9 Å². The van der Waals surface area contributed by atoms with Crippen molar-refractivity contribution >= 4 is 40.6 Å². The maximum absolute atomic E-state index is 13.3. The number of nitrogens with one attached hydrogen (secondary N) is 4. The zero-order valence-electron chi connectivity index (χ0n) is 20.6. The van der Waals surface area contributed by atoms with Crippen molar-refractivity contribution in [3.8, 4) is 0 Å². The van der Waals surface area contributed by atoms with Gasteiger partial charge in [-0.1, -0.05) is 32.0 Å². The minimum absolute atomic E-state index is 0.0219. The summed E-state index contributed by atoms with van der Waals surface area (Å²) in [4.78, 5) is 63.8. The summed E-state index contributed by atoms with van der Waals surface area (Å²) in [7, 11) is 0. The predicted molar refractivity (Wildman–Crippen MR) is 132 cm³/mol. The van der Waals surface area contributed by atoms with E-state index in [4.69, 9.17) is 15.9 Å². The van der Waals surface area contributed by atoms with Crippen molar-refractivity contribution in [3.05, 3.63) is 36.0 Å². The average Bonchev–Trinajstić information content (AvgIpc) is 3.25. The minimum Gasteiger partial charge on any atom is -0.481 e. The fourth-order valence-electron chi connectivity index (χ4n) is 3.65. The van der Waals surface area contributed by atoms with Crippen LogP contribution in [-0.2, 0) is 30.4 Å². The van der Waals surface area contributed by atoms with E-state index in [1.807, 2.05) is 24.3 Å². The number of hydrogen-bond acceptors (Lipinski definition) is 7. The number of aromatic amines is 1. The van der Waals surface area contributed by atoms with Gasteiger partial charge in [0.25, 0.3) is 0 Å². The van der Waals surface area contributed by atoms with Crippen LogP contribution in [0.2, 0.25) is 0 Å². The summed E-state index contributed by atoms with van der Waals surface area (Å²) in [5.41, 5.74) is 7.33. The Morgan fingerprint density at radius 3 is 2.19 bits per heavy atom. The standard InChI is InChI=1S/C24H33N5O8/c1-12(2)20(23(35)28-18(11-30)24(36)37)29-22(34)17(27-21(33)15(25)7-8-19(31)32)9-13-10-26-16-6-4-3-5-14(13)16/h3-6,10,12,15,17-18,20,26,30H,7-9,11,25H2,1-2H3,(H,27,33)(H,28,35)(H,29,34)(H,31,32)(H,36,37). The maximum atomic E-state index is 13.3. The number of fused-ring (bicyclic) bond motifs is 1. The molecule has 2 rings (SSSR count). The second kappa shape index (κ2) is 13.4. The molecule has 0 fully saturated rings. The summed E-state index contributed by atoms with van der Waals surface area (Å²) in [6.07, 6.45) is 1.23. The number of aromatic nitrogens is 1. The van der Waals surface area contributed by atoms with Crippen molar-refractivity contribution in [3.63, 3.8) is 0 Å². The zero-order chi connectivity index (χ0) is 27.7. The van der Waals surface area contributed by atoms with E-state index in [2.05, 4.69) is 20.9 Å². The lowest BCUT2D eigenvalue weighted by molar-refractivity contribution is -0.143. The van der Waals surface area contributed by atoms with Gasteiger partial charge in [-0.3, -0.25) is 19.2 Å². The molecule has 0 bridgehead atoms. The minimum atomic E-state index is -1.56. The number of aliphatic hydroxyl groups excluding tert-OH is 1. The Morgan fingerprint density at radius 2 is 1.59 bits per heavy atom. The van der Waals surface area contributed by atoms with Gasteiger partial charge in [-0.2, -0.15) is 0 Å². The van der Waals surface area contributed by atoms with Crippen LogP contribution in [0.3, 0.4) is 0 Å². The first-order chi connectivity index (χ1) is 17.4. The lowest BCUT2D eigenvalue weighted by Gasteiger charge is -2.27. The largest absolute Gasteiger partial charge is 0.481 e. The van der Waals surface area contributed by atoms with E-state index in [1.165, 1.54) is 0 Å². The number of carbonyl (C=O) groups excluding carboxylic acids is 3. The van der Waals surface area contributed by atoms with Gasteiger partial charge in [-0.15, -0.1) is 0 Å². The number of para-hydroxylation sites is 1. The number of aliphatic carboxylic acids is 2. The second-order valence-corrected chi connectivity index (χ2v) is 8.98. The molecule has 1 aromatic heterocycles. The van der Waals surface area contributed by atoms with E-state index in [1.54, 1.807) is 20.0 Å². The van der Waals surface area contributed by atoms with Crippen molar-refractivity contribution in [2.45, 2.75) is 57.3 Å². The Labute approximate surface area is 212 Å². The summed E-state index contributed by atoms with van der Waals surface area (Å²) in [5, 5.41) is 35.3. The van der Waals surface area contributed by atoms with Gasteiger partial charge in [-0.05, 0) is 24.0 Å². The number of hydrogen-bond donors (Lipinski definition) is 8. The van der Waals surface area contributed by atoms with Crippen LogP contribution in [0, 0.1) is 5.92 Å².